The highest BCUT2D eigenvalue weighted by Gasteiger charge is 2.40. The Hall–Kier alpha value is -0.660. The van der Waals surface area contributed by atoms with Gasteiger partial charge in [0.25, 0.3) is 10.2 Å². The zero-order valence-corrected chi connectivity index (χ0v) is 9.62. The molecule has 7 heteroatoms. The number of hydrogen-bond acceptors (Lipinski definition) is 3. The minimum atomic E-state index is -3.65. The van der Waals surface area contributed by atoms with E-state index >= 15 is 0 Å². The number of nitrogens with zero attached hydrogens (tertiary/aromatic N) is 1. The van der Waals surface area contributed by atoms with Crippen LogP contribution in [0.25, 0.3) is 0 Å². The SMILES string of the molecule is CNS(=O)(=O)N1CCCC(C)C1C(=O)O. The average Bonchev–Trinajstić information content (AvgIpc) is 2.16. The second-order valence-electron chi connectivity index (χ2n) is 3.72. The highest BCUT2D eigenvalue weighted by Crippen LogP contribution is 2.25. The van der Waals surface area contributed by atoms with E-state index in [1.54, 1.807) is 6.92 Å². The number of aliphatic carboxylic acids is 1. The molecule has 0 bridgehead atoms. The Morgan fingerprint density at radius 2 is 2.13 bits per heavy atom. The first-order valence-electron chi connectivity index (χ1n) is 4.83. The standard InChI is InChI=1S/C8H16N2O4S/c1-6-4-3-5-10(7(6)8(11)12)15(13,14)9-2/h6-7,9H,3-5H2,1-2H3,(H,11,12). The summed E-state index contributed by atoms with van der Waals surface area (Å²) < 4.78 is 26.3. The molecule has 2 N–H and O–H groups in total. The molecule has 1 aliphatic heterocycles. The fraction of sp³-hybridized carbons (Fsp3) is 0.875. The van der Waals surface area contributed by atoms with Gasteiger partial charge in [0.2, 0.25) is 0 Å². The largest absolute Gasteiger partial charge is 0.480 e. The molecular weight excluding hydrogens is 220 g/mol. The van der Waals surface area contributed by atoms with Crippen molar-refractivity contribution in [3.8, 4) is 0 Å². The van der Waals surface area contributed by atoms with Crippen molar-refractivity contribution in [1.29, 1.82) is 0 Å². The first kappa shape index (κ1) is 12.4. The monoisotopic (exact) mass is 236 g/mol. The van der Waals surface area contributed by atoms with Crippen LogP contribution in [0.4, 0.5) is 0 Å². The summed E-state index contributed by atoms with van der Waals surface area (Å²) in [5, 5.41) is 9.00. The molecule has 1 saturated heterocycles. The van der Waals surface area contributed by atoms with Crippen molar-refractivity contribution in [1.82, 2.24) is 9.03 Å². The van der Waals surface area contributed by atoms with Gasteiger partial charge < -0.3 is 5.11 Å². The number of carboxylic acids is 1. The Morgan fingerprint density at radius 1 is 1.53 bits per heavy atom. The summed E-state index contributed by atoms with van der Waals surface area (Å²) in [7, 11) is -2.36. The van der Waals surface area contributed by atoms with Crippen molar-refractivity contribution in [3.05, 3.63) is 0 Å². The Bertz CT molecular complexity index is 341. The minimum Gasteiger partial charge on any atom is -0.480 e. The van der Waals surface area contributed by atoms with E-state index in [-0.39, 0.29) is 12.5 Å². The third-order valence-electron chi connectivity index (χ3n) is 2.71. The van der Waals surface area contributed by atoms with E-state index in [0.29, 0.717) is 6.42 Å². The van der Waals surface area contributed by atoms with Crippen LogP contribution in [0.15, 0.2) is 0 Å². The maximum absolute atomic E-state index is 11.6. The van der Waals surface area contributed by atoms with Crippen molar-refractivity contribution in [2.24, 2.45) is 5.92 Å². The molecule has 0 aromatic rings. The molecule has 1 rings (SSSR count). The lowest BCUT2D eigenvalue weighted by atomic mass is 9.93. The molecule has 0 saturated carbocycles. The van der Waals surface area contributed by atoms with Crippen LogP contribution in [0.3, 0.4) is 0 Å². The second kappa shape index (κ2) is 4.46. The predicted molar refractivity (Wildman–Crippen MR) is 54.5 cm³/mol. The van der Waals surface area contributed by atoms with E-state index in [1.807, 2.05) is 0 Å². The van der Waals surface area contributed by atoms with Crippen LogP contribution in [0.5, 0.6) is 0 Å². The van der Waals surface area contributed by atoms with Gasteiger partial charge in [0.1, 0.15) is 6.04 Å². The van der Waals surface area contributed by atoms with E-state index in [0.717, 1.165) is 10.7 Å². The van der Waals surface area contributed by atoms with Gasteiger partial charge in [-0.25, -0.2) is 4.72 Å². The van der Waals surface area contributed by atoms with Gasteiger partial charge in [0.05, 0.1) is 0 Å². The lowest BCUT2D eigenvalue weighted by molar-refractivity contribution is -0.144. The van der Waals surface area contributed by atoms with E-state index in [2.05, 4.69) is 4.72 Å². The third-order valence-corrected chi connectivity index (χ3v) is 4.25. The van der Waals surface area contributed by atoms with Gasteiger partial charge in [-0.05, 0) is 18.8 Å². The molecule has 15 heavy (non-hydrogen) atoms. The zero-order valence-electron chi connectivity index (χ0n) is 8.80. The van der Waals surface area contributed by atoms with Gasteiger partial charge in [0.15, 0.2) is 0 Å². The first-order chi connectivity index (χ1) is 6.90. The molecule has 0 radical (unpaired) electrons. The molecule has 1 fully saturated rings. The van der Waals surface area contributed by atoms with E-state index in [4.69, 9.17) is 5.11 Å². The molecule has 2 atom stereocenters. The third kappa shape index (κ3) is 2.47. The van der Waals surface area contributed by atoms with Gasteiger partial charge in [-0.3, -0.25) is 4.79 Å². The summed E-state index contributed by atoms with van der Waals surface area (Å²) in [6.07, 6.45) is 1.44. The summed E-state index contributed by atoms with van der Waals surface area (Å²) >= 11 is 0. The highest BCUT2D eigenvalue weighted by atomic mass is 32.2. The molecule has 0 amide bonds. The van der Waals surface area contributed by atoms with Crippen LogP contribution in [0.1, 0.15) is 19.8 Å². The first-order valence-corrected chi connectivity index (χ1v) is 6.27. The second-order valence-corrected chi connectivity index (χ2v) is 5.55. The van der Waals surface area contributed by atoms with Crippen LogP contribution in [-0.4, -0.2) is 43.4 Å². The van der Waals surface area contributed by atoms with Crippen molar-refractivity contribution in [2.45, 2.75) is 25.8 Å². The van der Waals surface area contributed by atoms with Gasteiger partial charge in [0, 0.05) is 13.6 Å². The van der Waals surface area contributed by atoms with Crippen molar-refractivity contribution < 1.29 is 18.3 Å². The van der Waals surface area contributed by atoms with Gasteiger partial charge >= 0.3 is 5.97 Å². The number of carboxylic acid groups (broad SMARTS) is 1. The molecular formula is C8H16N2O4S. The molecule has 0 spiro atoms. The van der Waals surface area contributed by atoms with E-state index in [9.17, 15) is 13.2 Å². The normalized spacial score (nSPS) is 28.9. The summed E-state index contributed by atoms with van der Waals surface area (Å²) in [6, 6.07) is -0.948. The smallest absolute Gasteiger partial charge is 0.322 e. The molecule has 2 unspecified atom stereocenters. The summed E-state index contributed by atoms with van der Waals surface area (Å²) in [5.74, 6) is -1.24. The summed E-state index contributed by atoms with van der Waals surface area (Å²) in [4.78, 5) is 11.0. The Kier molecular flexibility index (Phi) is 3.69. The lowest BCUT2D eigenvalue weighted by Crippen LogP contribution is -2.54. The maximum atomic E-state index is 11.6. The minimum absolute atomic E-state index is 0.153. The summed E-state index contributed by atoms with van der Waals surface area (Å²) in [6.45, 7) is 2.03. The molecule has 1 aliphatic rings. The summed E-state index contributed by atoms with van der Waals surface area (Å²) in [5.41, 5.74) is 0. The van der Waals surface area contributed by atoms with Crippen LogP contribution in [0, 0.1) is 5.92 Å². The number of nitrogens with one attached hydrogen (secondary N) is 1. The van der Waals surface area contributed by atoms with Crippen molar-refractivity contribution in [3.63, 3.8) is 0 Å². The Balaban J connectivity index is 2.99. The molecule has 6 nitrogen and oxygen atoms in total. The zero-order chi connectivity index (χ0) is 11.6. The van der Waals surface area contributed by atoms with Gasteiger partial charge in [-0.15, -0.1) is 0 Å². The number of carbonyl (C=O) groups is 1. The quantitative estimate of drug-likeness (QED) is 0.700. The highest BCUT2D eigenvalue weighted by molar-refractivity contribution is 7.87. The number of rotatable bonds is 3. The van der Waals surface area contributed by atoms with Crippen molar-refractivity contribution in [2.75, 3.05) is 13.6 Å². The number of piperidine rings is 1. The maximum Gasteiger partial charge on any atom is 0.322 e. The molecule has 1 heterocycles. The van der Waals surface area contributed by atoms with Crippen LogP contribution in [-0.2, 0) is 15.0 Å². The van der Waals surface area contributed by atoms with E-state index in [1.165, 1.54) is 7.05 Å². The van der Waals surface area contributed by atoms with E-state index < -0.39 is 22.2 Å². The molecule has 88 valence electrons. The fourth-order valence-corrected chi connectivity index (χ4v) is 3.10. The predicted octanol–water partition coefficient (Wildman–Crippen LogP) is -0.364. The van der Waals surface area contributed by atoms with Gasteiger partial charge in [-0.2, -0.15) is 12.7 Å². The average molecular weight is 236 g/mol. The van der Waals surface area contributed by atoms with Crippen LogP contribution >= 0.6 is 0 Å². The molecule has 0 aromatic carbocycles. The van der Waals surface area contributed by atoms with Crippen LogP contribution < -0.4 is 4.72 Å². The van der Waals surface area contributed by atoms with Gasteiger partial charge in [-0.1, -0.05) is 6.92 Å². The molecule has 0 aliphatic carbocycles. The fourth-order valence-electron chi connectivity index (χ4n) is 1.90. The molecule has 0 aromatic heterocycles. The number of hydrogen-bond donors (Lipinski definition) is 2. The lowest BCUT2D eigenvalue weighted by Gasteiger charge is -2.35. The van der Waals surface area contributed by atoms with Crippen molar-refractivity contribution >= 4 is 16.2 Å². The van der Waals surface area contributed by atoms with Crippen LogP contribution in [0.2, 0.25) is 0 Å². The Morgan fingerprint density at radius 3 is 2.60 bits per heavy atom. The topological polar surface area (TPSA) is 86.7 Å². The Labute approximate surface area is 89.4 Å².